The van der Waals surface area contributed by atoms with Gasteiger partial charge in [0.2, 0.25) is 0 Å². The van der Waals surface area contributed by atoms with E-state index in [4.69, 9.17) is 13.9 Å². The molecule has 0 aliphatic carbocycles. The Balaban J connectivity index is 0.00000208. The van der Waals surface area contributed by atoms with Crippen LogP contribution in [0.15, 0.2) is 34.1 Å². The molecule has 0 atom stereocenters. The molecule has 5 nitrogen and oxygen atoms in total. The van der Waals surface area contributed by atoms with E-state index < -0.39 is 0 Å². The maximum absolute atomic E-state index is 5.57. The third-order valence-electron chi connectivity index (χ3n) is 3.47. The molecule has 0 aliphatic rings. The van der Waals surface area contributed by atoms with Crippen molar-refractivity contribution in [3.8, 4) is 22.8 Å². The minimum Gasteiger partial charge on any atom is -0.497 e. The van der Waals surface area contributed by atoms with Crippen LogP contribution in [0, 0.1) is 13.8 Å². The maximum atomic E-state index is 5.57. The molecule has 3 aromatic rings. The molecule has 1 aromatic carbocycles. The monoisotopic (exact) mass is 366 g/mol. The van der Waals surface area contributed by atoms with Gasteiger partial charge in [-0.2, -0.15) is 0 Å². The minimum atomic E-state index is 0. The van der Waals surface area contributed by atoms with E-state index in [1.165, 1.54) is 11.3 Å². The summed E-state index contributed by atoms with van der Waals surface area (Å²) in [5.74, 6) is 3.21. The molecular formula is C17H19ClN2O3S. The smallest absolute Gasteiger partial charge is 0.187 e. The first kappa shape index (κ1) is 18.2. The highest BCUT2D eigenvalue weighted by molar-refractivity contribution is 7.14. The third kappa shape index (κ3) is 3.66. The molecule has 24 heavy (non-hydrogen) atoms. The van der Waals surface area contributed by atoms with Crippen molar-refractivity contribution in [3.63, 3.8) is 0 Å². The van der Waals surface area contributed by atoms with Crippen LogP contribution in [0.3, 0.4) is 0 Å². The van der Waals surface area contributed by atoms with E-state index in [1.807, 2.05) is 43.5 Å². The zero-order chi connectivity index (χ0) is 16.4. The highest BCUT2D eigenvalue weighted by Gasteiger charge is 2.12. The number of ether oxygens (including phenoxy) is 2. The van der Waals surface area contributed by atoms with Gasteiger partial charge in [-0.3, -0.25) is 0 Å². The highest BCUT2D eigenvalue weighted by atomic mass is 35.5. The van der Waals surface area contributed by atoms with Crippen LogP contribution in [0.2, 0.25) is 0 Å². The second-order valence-corrected chi connectivity index (χ2v) is 5.91. The quantitative estimate of drug-likeness (QED) is 0.672. The zero-order valence-corrected chi connectivity index (χ0v) is 15.5. The number of anilines is 2. The molecule has 1 N–H and O–H groups in total. The number of nitrogens with zero attached hydrogens (tertiary/aromatic N) is 1. The molecule has 0 aliphatic heterocycles. The van der Waals surface area contributed by atoms with E-state index in [0.29, 0.717) is 5.75 Å². The van der Waals surface area contributed by atoms with E-state index in [1.54, 1.807) is 14.2 Å². The summed E-state index contributed by atoms with van der Waals surface area (Å²) in [5, 5.41) is 6.09. The second-order valence-electron chi connectivity index (χ2n) is 5.06. The fourth-order valence-electron chi connectivity index (χ4n) is 2.36. The number of thiazole rings is 1. The number of rotatable bonds is 5. The van der Waals surface area contributed by atoms with E-state index >= 15 is 0 Å². The average Bonchev–Trinajstić information content (AvgIpc) is 3.13. The fourth-order valence-corrected chi connectivity index (χ4v) is 3.08. The summed E-state index contributed by atoms with van der Waals surface area (Å²) in [5.41, 5.74) is 2.77. The van der Waals surface area contributed by atoms with Gasteiger partial charge in [0, 0.05) is 17.0 Å². The number of furan rings is 1. The van der Waals surface area contributed by atoms with Gasteiger partial charge in [0.25, 0.3) is 0 Å². The first-order chi connectivity index (χ1) is 11.1. The summed E-state index contributed by atoms with van der Waals surface area (Å²) in [4.78, 5) is 4.63. The van der Waals surface area contributed by atoms with Gasteiger partial charge in [0.1, 0.15) is 23.0 Å². The third-order valence-corrected chi connectivity index (χ3v) is 4.23. The van der Waals surface area contributed by atoms with Crippen molar-refractivity contribution in [2.24, 2.45) is 0 Å². The standard InChI is InChI=1S/C17H18N2O3S.ClH/c1-10-7-13(11(2)22-10)15-9-23-17(19-15)18-14-6-5-12(20-3)8-16(14)21-4;/h5-9H,1-4H3,(H,18,19);1H. The first-order valence-electron chi connectivity index (χ1n) is 7.12. The predicted octanol–water partition coefficient (Wildman–Crippen LogP) is 5.20. The Bertz CT molecular complexity index is 829. The summed E-state index contributed by atoms with van der Waals surface area (Å²) >= 11 is 1.54. The zero-order valence-electron chi connectivity index (χ0n) is 13.9. The average molecular weight is 367 g/mol. The molecule has 0 fully saturated rings. The number of hydrogen-bond donors (Lipinski definition) is 1. The SMILES string of the molecule is COc1ccc(Nc2nc(-c3cc(C)oc3C)cs2)c(OC)c1.Cl. The number of aryl methyl sites for hydroxylation is 2. The van der Waals surface area contributed by atoms with Crippen LogP contribution in [-0.4, -0.2) is 19.2 Å². The summed E-state index contributed by atoms with van der Waals surface area (Å²) in [7, 11) is 3.26. The van der Waals surface area contributed by atoms with Gasteiger partial charge in [-0.25, -0.2) is 4.98 Å². The molecule has 0 bridgehead atoms. The lowest BCUT2D eigenvalue weighted by atomic mass is 10.2. The van der Waals surface area contributed by atoms with Crippen molar-refractivity contribution in [1.82, 2.24) is 4.98 Å². The number of hydrogen-bond acceptors (Lipinski definition) is 6. The van der Waals surface area contributed by atoms with Crippen LogP contribution < -0.4 is 14.8 Å². The van der Waals surface area contributed by atoms with Gasteiger partial charge >= 0.3 is 0 Å². The molecule has 0 radical (unpaired) electrons. The predicted molar refractivity (Wildman–Crippen MR) is 99.4 cm³/mol. The summed E-state index contributed by atoms with van der Waals surface area (Å²) in [6.45, 7) is 3.88. The Hall–Kier alpha value is -2.18. The van der Waals surface area contributed by atoms with Crippen molar-refractivity contribution in [1.29, 1.82) is 0 Å². The van der Waals surface area contributed by atoms with Crippen LogP contribution in [0.5, 0.6) is 11.5 Å². The fraction of sp³-hybridized carbons (Fsp3) is 0.235. The molecule has 0 unspecified atom stereocenters. The van der Waals surface area contributed by atoms with E-state index in [-0.39, 0.29) is 12.4 Å². The van der Waals surface area contributed by atoms with Gasteiger partial charge in [-0.1, -0.05) is 0 Å². The van der Waals surface area contributed by atoms with Crippen molar-refractivity contribution in [2.75, 3.05) is 19.5 Å². The van der Waals surface area contributed by atoms with Gasteiger partial charge in [0.15, 0.2) is 5.13 Å². The molecule has 2 heterocycles. The second kappa shape index (κ2) is 7.59. The molecular weight excluding hydrogens is 348 g/mol. The molecule has 0 saturated carbocycles. The van der Waals surface area contributed by atoms with Crippen LogP contribution >= 0.6 is 23.7 Å². The van der Waals surface area contributed by atoms with Gasteiger partial charge in [-0.15, -0.1) is 23.7 Å². The van der Waals surface area contributed by atoms with Crippen LogP contribution in [0.25, 0.3) is 11.3 Å². The Morgan fingerprint density at radius 2 is 1.92 bits per heavy atom. The summed E-state index contributed by atoms with van der Waals surface area (Å²) in [6, 6.07) is 7.62. The number of nitrogens with one attached hydrogen (secondary N) is 1. The highest BCUT2D eigenvalue weighted by Crippen LogP contribution is 2.34. The lowest BCUT2D eigenvalue weighted by molar-refractivity contribution is 0.395. The van der Waals surface area contributed by atoms with Crippen molar-refractivity contribution in [3.05, 3.63) is 41.2 Å². The normalized spacial score (nSPS) is 10.2. The maximum Gasteiger partial charge on any atom is 0.187 e. The first-order valence-corrected chi connectivity index (χ1v) is 8.00. The molecule has 3 rings (SSSR count). The van der Waals surface area contributed by atoms with Crippen LogP contribution in [0.4, 0.5) is 10.8 Å². The lowest BCUT2D eigenvalue weighted by Gasteiger charge is -2.10. The van der Waals surface area contributed by atoms with Gasteiger partial charge < -0.3 is 19.2 Å². The molecule has 2 aromatic heterocycles. The van der Waals surface area contributed by atoms with Gasteiger partial charge in [0.05, 0.1) is 25.6 Å². The van der Waals surface area contributed by atoms with E-state index in [9.17, 15) is 0 Å². The van der Waals surface area contributed by atoms with Crippen molar-refractivity contribution in [2.45, 2.75) is 13.8 Å². The Morgan fingerprint density at radius 1 is 1.12 bits per heavy atom. The number of methoxy groups -OCH3 is 2. The largest absolute Gasteiger partial charge is 0.497 e. The van der Waals surface area contributed by atoms with Crippen LogP contribution in [-0.2, 0) is 0 Å². The van der Waals surface area contributed by atoms with Crippen molar-refractivity contribution < 1.29 is 13.9 Å². The molecule has 128 valence electrons. The molecule has 0 spiro atoms. The minimum absolute atomic E-state index is 0. The molecule has 0 saturated heterocycles. The Kier molecular flexibility index (Phi) is 5.75. The topological polar surface area (TPSA) is 56.5 Å². The molecule has 7 heteroatoms. The summed E-state index contributed by atoms with van der Waals surface area (Å²) < 4.78 is 16.2. The Morgan fingerprint density at radius 3 is 2.54 bits per heavy atom. The van der Waals surface area contributed by atoms with E-state index in [2.05, 4.69) is 10.3 Å². The van der Waals surface area contributed by atoms with Crippen LogP contribution in [0.1, 0.15) is 11.5 Å². The van der Waals surface area contributed by atoms with E-state index in [0.717, 1.165) is 39.3 Å². The lowest BCUT2D eigenvalue weighted by Crippen LogP contribution is -1.95. The Labute approximate surface area is 151 Å². The number of aromatic nitrogens is 1. The number of benzene rings is 1. The number of halogens is 1. The molecule has 0 amide bonds. The summed E-state index contributed by atoms with van der Waals surface area (Å²) in [6.07, 6.45) is 0. The van der Waals surface area contributed by atoms with Crippen molar-refractivity contribution >= 4 is 34.6 Å². The van der Waals surface area contributed by atoms with Gasteiger partial charge in [-0.05, 0) is 32.0 Å².